The zero-order valence-corrected chi connectivity index (χ0v) is 12.9. The Hall–Kier alpha value is -2.16. The fourth-order valence-corrected chi connectivity index (χ4v) is 3.19. The van der Waals surface area contributed by atoms with Gasteiger partial charge in [0.15, 0.2) is 0 Å². The molecule has 1 rings (SSSR count). The van der Waals surface area contributed by atoms with Gasteiger partial charge < -0.3 is 9.30 Å². The number of nitrogens with one attached hydrogen (secondary N) is 1. The largest absolute Gasteiger partial charge is 0.464 e. The van der Waals surface area contributed by atoms with Crippen molar-refractivity contribution in [1.29, 1.82) is 0 Å². The van der Waals surface area contributed by atoms with Crippen LogP contribution >= 0.6 is 0 Å². The zero-order valence-electron chi connectivity index (χ0n) is 12.1. The van der Waals surface area contributed by atoms with Gasteiger partial charge in [0.05, 0.1) is 7.11 Å². The molecule has 0 fully saturated rings. The third kappa shape index (κ3) is 3.69. The molecule has 0 aliphatic heterocycles. The van der Waals surface area contributed by atoms with Crippen molar-refractivity contribution in [3.05, 3.63) is 17.5 Å². The van der Waals surface area contributed by atoms with E-state index >= 15 is 0 Å². The number of hydrogen-bond donors (Lipinski definition) is 1. The van der Waals surface area contributed by atoms with Gasteiger partial charge >= 0.3 is 5.97 Å². The van der Waals surface area contributed by atoms with E-state index in [0.717, 1.165) is 20.2 Å². The van der Waals surface area contributed by atoms with E-state index in [9.17, 15) is 22.8 Å². The molecule has 1 aromatic heterocycles. The first-order chi connectivity index (χ1) is 9.60. The first-order valence-electron chi connectivity index (χ1n) is 5.89. The Morgan fingerprint density at radius 1 is 1.29 bits per heavy atom. The molecule has 1 amide bonds. The molecule has 0 saturated carbocycles. The van der Waals surface area contributed by atoms with E-state index in [1.54, 1.807) is 4.72 Å². The van der Waals surface area contributed by atoms with Crippen LogP contribution in [0.3, 0.4) is 0 Å². The van der Waals surface area contributed by atoms with Crippen molar-refractivity contribution in [1.82, 2.24) is 9.29 Å². The summed E-state index contributed by atoms with van der Waals surface area (Å²) in [5.74, 6) is -1.86. The van der Waals surface area contributed by atoms with Gasteiger partial charge in [0.1, 0.15) is 16.4 Å². The quantitative estimate of drug-likeness (QED) is 0.751. The molecule has 0 bridgehead atoms. The van der Waals surface area contributed by atoms with E-state index in [4.69, 9.17) is 0 Å². The second kappa shape index (κ2) is 6.08. The predicted molar refractivity (Wildman–Crippen MR) is 72.1 cm³/mol. The summed E-state index contributed by atoms with van der Waals surface area (Å²) in [6.07, 6.45) is 0.898. The van der Waals surface area contributed by atoms with Gasteiger partial charge in [-0.15, -0.1) is 0 Å². The van der Waals surface area contributed by atoms with Gasteiger partial charge in [-0.3, -0.25) is 9.59 Å². The number of aryl methyl sites for hydroxylation is 1. The van der Waals surface area contributed by atoms with Crippen LogP contribution in [0.2, 0.25) is 0 Å². The minimum atomic E-state index is -4.16. The highest BCUT2D eigenvalue weighted by Crippen LogP contribution is 2.23. The minimum Gasteiger partial charge on any atom is -0.464 e. The third-order valence-electron chi connectivity index (χ3n) is 2.62. The van der Waals surface area contributed by atoms with Crippen molar-refractivity contribution < 1.29 is 27.5 Å². The van der Waals surface area contributed by atoms with Crippen LogP contribution in [-0.4, -0.2) is 37.8 Å². The normalized spacial score (nSPS) is 11.0. The van der Waals surface area contributed by atoms with Gasteiger partial charge in [0.25, 0.3) is 10.0 Å². The molecule has 0 aliphatic rings. The number of carbonyl (C=O) groups excluding carboxylic acids is 3. The topological polar surface area (TPSA) is 112 Å². The molecule has 0 aliphatic carbocycles. The molecule has 1 N–H and O–H groups in total. The second-order valence-corrected chi connectivity index (χ2v) is 6.11. The smallest absolute Gasteiger partial charge is 0.355 e. The highest BCUT2D eigenvalue weighted by molar-refractivity contribution is 7.90. The van der Waals surface area contributed by atoms with Gasteiger partial charge in [-0.05, 0) is 6.92 Å². The van der Waals surface area contributed by atoms with Crippen molar-refractivity contribution in [2.24, 2.45) is 7.05 Å². The summed E-state index contributed by atoms with van der Waals surface area (Å²) >= 11 is 0. The molecule has 0 unspecified atom stereocenters. The number of amides is 1. The molecule has 0 radical (unpaired) electrons. The van der Waals surface area contributed by atoms with E-state index in [-0.39, 0.29) is 28.4 Å². The fraction of sp³-hybridized carbons (Fsp3) is 0.417. The average Bonchev–Trinajstić information content (AvgIpc) is 2.63. The van der Waals surface area contributed by atoms with Gasteiger partial charge in [0.2, 0.25) is 5.91 Å². The summed E-state index contributed by atoms with van der Waals surface area (Å²) in [4.78, 5) is 33.8. The molecule has 0 aromatic carbocycles. The number of sulfonamides is 1. The lowest BCUT2D eigenvalue weighted by Crippen LogP contribution is -2.29. The first-order valence-corrected chi connectivity index (χ1v) is 7.37. The number of esters is 1. The Labute approximate surface area is 122 Å². The van der Waals surface area contributed by atoms with Crippen molar-refractivity contribution >= 4 is 27.7 Å². The maximum Gasteiger partial charge on any atom is 0.355 e. The predicted octanol–water partition coefficient (Wildman–Crippen LogP) is -0.232. The van der Waals surface area contributed by atoms with Crippen LogP contribution < -0.4 is 4.72 Å². The van der Waals surface area contributed by atoms with Crippen LogP contribution in [0.15, 0.2) is 11.1 Å². The minimum absolute atomic E-state index is 0.00519. The van der Waals surface area contributed by atoms with Gasteiger partial charge in [0, 0.05) is 32.2 Å². The maximum absolute atomic E-state index is 12.1. The van der Waals surface area contributed by atoms with E-state index in [1.807, 2.05) is 0 Å². The number of carbonyl (C=O) groups is 3. The number of nitrogens with zero attached hydrogens (tertiary/aromatic N) is 1. The molecule has 1 heterocycles. The van der Waals surface area contributed by atoms with Gasteiger partial charge in [-0.1, -0.05) is 0 Å². The van der Waals surface area contributed by atoms with Crippen LogP contribution in [-0.2, 0) is 37.8 Å². The van der Waals surface area contributed by atoms with Crippen LogP contribution in [0.25, 0.3) is 0 Å². The first kappa shape index (κ1) is 16.9. The third-order valence-corrected chi connectivity index (χ3v) is 4.11. The summed E-state index contributed by atoms with van der Waals surface area (Å²) in [5.41, 5.74) is -0.0396. The highest BCUT2D eigenvalue weighted by atomic mass is 32.2. The summed E-state index contributed by atoms with van der Waals surface area (Å²) in [5, 5.41) is 0. The van der Waals surface area contributed by atoms with Crippen molar-refractivity contribution in [2.75, 3.05) is 7.11 Å². The maximum atomic E-state index is 12.1. The number of methoxy groups -OCH3 is 1. The number of Topliss-reactive ketones (excluding diaryl/α,β-unsaturated/α-hetero) is 1. The standard InChI is InChI=1S/C12H16N2O6S/c1-7(15)5-9-10(21(18,19)13-8(2)16)6-14(3)11(9)12(17)20-4/h6H,5H2,1-4H3,(H,13,16). The highest BCUT2D eigenvalue weighted by Gasteiger charge is 2.29. The molecular formula is C12H16N2O6S. The lowest BCUT2D eigenvalue weighted by molar-refractivity contribution is -0.117. The zero-order chi connectivity index (χ0) is 16.4. The molecule has 8 nitrogen and oxygen atoms in total. The summed E-state index contributed by atoms with van der Waals surface area (Å²) in [6, 6.07) is 0. The molecule has 0 saturated heterocycles. The Morgan fingerprint density at radius 2 is 1.86 bits per heavy atom. The summed E-state index contributed by atoms with van der Waals surface area (Å²) in [6.45, 7) is 2.31. The van der Waals surface area contributed by atoms with E-state index in [0.29, 0.717) is 0 Å². The molecule has 9 heteroatoms. The number of ketones is 1. The lowest BCUT2D eigenvalue weighted by Gasteiger charge is -2.07. The number of ether oxygens (including phenoxy) is 1. The SMILES string of the molecule is COC(=O)c1c(CC(C)=O)c(S(=O)(=O)NC(C)=O)cn1C. The molecule has 21 heavy (non-hydrogen) atoms. The van der Waals surface area contributed by atoms with Crippen molar-refractivity contribution in [2.45, 2.75) is 25.2 Å². The monoisotopic (exact) mass is 316 g/mol. The van der Waals surface area contributed by atoms with Crippen molar-refractivity contribution in [3.8, 4) is 0 Å². The van der Waals surface area contributed by atoms with Gasteiger partial charge in [-0.25, -0.2) is 17.9 Å². The molecule has 116 valence electrons. The van der Waals surface area contributed by atoms with Crippen LogP contribution in [0, 0.1) is 0 Å². The number of rotatable bonds is 5. The van der Waals surface area contributed by atoms with Crippen LogP contribution in [0.1, 0.15) is 29.9 Å². The summed E-state index contributed by atoms with van der Waals surface area (Å²) < 4.78 is 31.9. The Balaban J connectivity index is 3.56. The fourth-order valence-electron chi connectivity index (χ4n) is 1.91. The lowest BCUT2D eigenvalue weighted by atomic mass is 10.1. The van der Waals surface area contributed by atoms with E-state index < -0.39 is 21.9 Å². The number of hydrogen-bond acceptors (Lipinski definition) is 6. The second-order valence-electron chi connectivity index (χ2n) is 4.46. The molecular weight excluding hydrogens is 300 g/mol. The summed E-state index contributed by atoms with van der Waals surface area (Å²) in [7, 11) is -1.56. The molecule has 1 aromatic rings. The van der Waals surface area contributed by atoms with Crippen molar-refractivity contribution in [3.63, 3.8) is 0 Å². The Morgan fingerprint density at radius 3 is 2.29 bits per heavy atom. The van der Waals surface area contributed by atoms with Crippen LogP contribution in [0.4, 0.5) is 0 Å². The Bertz CT molecular complexity index is 702. The molecule has 0 atom stereocenters. The van der Waals surface area contributed by atoms with E-state index in [2.05, 4.69) is 4.74 Å². The average molecular weight is 316 g/mol. The number of aromatic nitrogens is 1. The molecule has 0 spiro atoms. The van der Waals surface area contributed by atoms with E-state index in [1.165, 1.54) is 18.5 Å². The Kier molecular flexibility index (Phi) is 4.89. The van der Waals surface area contributed by atoms with Crippen LogP contribution in [0.5, 0.6) is 0 Å². The van der Waals surface area contributed by atoms with Gasteiger partial charge in [-0.2, -0.15) is 0 Å².